The molecule has 0 unspecified atom stereocenters. The van der Waals surface area contributed by atoms with E-state index in [1.54, 1.807) is 0 Å². The van der Waals surface area contributed by atoms with Crippen molar-refractivity contribution in [2.45, 2.75) is 39.5 Å². The lowest BCUT2D eigenvalue weighted by atomic mass is 10.1. The molecule has 0 atom stereocenters. The van der Waals surface area contributed by atoms with Gasteiger partial charge in [0.15, 0.2) is 0 Å². The van der Waals surface area contributed by atoms with Gasteiger partial charge in [0.1, 0.15) is 5.52 Å². The molecule has 0 spiro atoms. The van der Waals surface area contributed by atoms with Crippen LogP contribution in [0.5, 0.6) is 0 Å². The first-order valence-corrected chi connectivity index (χ1v) is 9.44. The van der Waals surface area contributed by atoms with Gasteiger partial charge in [0.2, 0.25) is 0 Å². The first kappa shape index (κ1) is 18.1. The van der Waals surface area contributed by atoms with Gasteiger partial charge in [-0.1, -0.05) is 43.7 Å². The minimum absolute atomic E-state index is 0.892. The normalized spacial score (nSPS) is 11.0. The number of hydrogen-bond donors (Lipinski definition) is 0. The summed E-state index contributed by atoms with van der Waals surface area (Å²) in [6.07, 6.45) is 7.99. The monoisotopic (exact) mass is 349 g/mol. The lowest BCUT2D eigenvalue weighted by Crippen LogP contribution is -2.26. The smallest absolute Gasteiger partial charge is 0.113 e. The summed E-state index contributed by atoms with van der Waals surface area (Å²) in [5, 5.41) is 8.61. The number of benzene rings is 1. The van der Waals surface area contributed by atoms with Crippen LogP contribution in [0.15, 0.2) is 49.2 Å². The predicted molar refractivity (Wildman–Crippen MR) is 108 cm³/mol. The number of anilines is 1. The van der Waals surface area contributed by atoms with Gasteiger partial charge < -0.3 is 4.90 Å². The Balaban J connectivity index is 2.06. The second-order valence-corrected chi connectivity index (χ2v) is 6.46. The maximum Gasteiger partial charge on any atom is 0.113 e. The number of aryl methyl sites for hydroxylation is 1. The molecule has 0 amide bonds. The Kier molecular flexibility index (Phi) is 6.00. The van der Waals surface area contributed by atoms with Gasteiger partial charge in [0, 0.05) is 13.1 Å². The molecule has 5 nitrogen and oxygen atoms in total. The molecule has 0 saturated carbocycles. The van der Waals surface area contributed by atoms with Gasteiger partial charge in [-0.25, -0.2) is 4.68 Å². The lowest BCUT2D eigenvalue weighted by molar-refractivity contribution is 0.745. The highest BCUT2D eigenvalue weighted by molar-refractivity contribution is 5.76. The van der Waals surface area contributed by atoms with Crippen LogP contribution in [0.2, 0.25) is 0 Å². The van der Waals surface area contributed by atoms with E-state index < -0.39 is 0 Å². The van der Waals surface area contributed by atoms with Gasteiger partial charge in [0.25, 0.3) is 0 Å². The standard InChI is InChI=1S/C21H27N5/c1-4-7-14-25(13-6-3)21-15-17(16-22-18(21)10-5-2)26-20-12-9-8-11-19(20)23-24-26/h4,8-9,11-12,15-16H,1,5-7,10,13-14H2,2-3H3. The second-order valence-electron chi connectivity index (χ2n) is 6.46. The molecule has 3 aromatic rings. The number of nitrogens with zero attached hydrogens (tertiary/aromatic N) is 5. The van der Waals surface area contributed by atoms with Crippen LogP contribution in [0.4, 0.5) is 5.69 Å². The molecular weight excluding hydrogens is 322 g/mol. The van der Waals surface area contributed by atoms with Crippen LogP contribution >= 0.6 is 0 Å². The van der Waals surface area contributed by atoms with E-state index in [0.29, 0.717) is 0 Å². The molecule has 0 N–H and O–H groups in total. The fourth-order valence-electron chi connectivity index (χ4n) is 3.22. The largest absolute Gasteiger partial charge is 0.370 e. The van der Waals surface area contributed by atoms with E-state index >= 15 is 0 Å². The maximum absolute atomic E-state index is 4.79. The Morgan fingerprint density at radius 3 is 2.77 bits per heavy atom. The summed E-state index contributed by atoms with van der Waals surface area (Å²) in [6, 6.07) is 10.2. The minimum Gasteiger partial charge on any atom is -0.370 e. The van der Waals surface area contributed by atoms with Crippen molar-refractivity contribution >= 4 is 16.7 Å². The van der Waals surface area contributed by atoms with Crippen molar-refractivity contribution in [2.24, 2.45) is 0 Å². The molecule has 0 aliphatic carbocycles. The van der Waals surface area contributed by atoms with E-state index in [0.717, 1.165) is 61.2 Å². The number of aromatic nitrogens is 4. The second kappa shape index (κ2) is 8.61. The van der Waals surface area contributed by atoms with E-state index in [4.69, 9.17) is 4.98 Å². The molecule has 0 fully saturated rings. The summed E-state index contributed by atoms with van der Waals surface area (Å²) in [4.78, 5) is 7.21. The number of para-hydroxylation sites is 1. The molecular formula is C21H27N5. The van der Waals surface area contributed by atoms with Crippen molar-refractivity contribution in [3.63, 3.8) is 0 Å². The lowest BCUT2D eigenvalue weighted by Gasteiger charge is -2.26. The Labute approximate surface area is 155 Å². The molecule has 0 aliphatic heterocycles. The van der Waals surface area contributed by atoms with E-state index in [9.17, 15) is 0 Å². The zero-order valence-corrected chi connectivity index (χ0v) is 15.7. The van der Waals surface area contributed by atoms with Crippen LogP contribution in [0.3, 0.4) is 0 Å². The van der Waals surface area contributed by atoms with Crippen LogP contribution < -0.4 is 4.90 Å². The molecule has 2 heterocycles. The molecule has 2 aromatic heterocycles. The van der Waals surface area contributed by atoms with Crippen LogP contribution in [-0.4, -0.2) is 33.1 Å². The van der Waals surface area contributed by atoms with Crippen molar-refractivity contribution in [1.29, 1.82) is 0 Å². The zero-order chi connectivity index (χ0) is 18.4. The van der Waals surface area contributed by atoms with Crippen molar-refractivity contribution < 1.29 is 0 Å². The SMILES string of the molecule is C=CCCN(CCC)c1cc(-n2nnc3ccccc32)cnc1CCC. The molecule has 26 heavy (non-hydrogen) atoms. The molecule has 136 valence electrons. The van der Waals surface area contributed by atoms with Gasteiger partial charge in [-0.2, -0.15) is 0 Å². The predicted octanol–water partition coefficient (Wildman–Crippen LogP) is 4.56. The van der Waals surface area contributed by atoms with Gasteiger partial charge in [-0.3, -0.25) is 4.98 Å². The summed E-state index contributed by atoms with van der Waals surface area (Å²) in [5.41, 5.74) is 5.19. The van der Waals surface area contributed by atoms with Gasteiger partial charge in [0.05, 0.1) is 28.8 Å². The average Bonchev–Trinajstić information content (AvgIpc) is 3.10. The summed E-state index contributed by atoms with van der Waals surface area (Å²) < 4.78 is 1.87. The summed E-state index contributed by atoms with van der Waals surface area (Å²) in [6.45, 7) is 10.2. The first-order chi connectivity index (χ1) is 12.8. The van der Waals surface area contributed by atoms with Crippen LogP contribution in [0, 0.1) is 0 Å². The van der Waals surface area contributed by atoms with Crippen LogP contribution in [-0.2, 0) is 6.42 Å². The molecule has 0 radical (unpaired) electrons. The third-order valence-corrected chi connectivity index (χ3v) is 4.45. The van der Waals surface area contributed by atoms with Crippen molar-refractivity contribution in [3.8, 4) is 5.69 Å². The number of hydrogen-bond acceptors (Lipinski definition) is 4. The van der Waals surface area contributed by atoms with Gasteiger partial charge in [-0.15, -0.1) is 11.7 Å². The van der Waals surface area contributed by atoms with E-state index in [1.165, 1.54) is 5.69 Å². The Morgan fingerprint density at radius 1 is 1.15 bits per heavy atom. The van der Waals surface area contributed by atoms with Crippen molar-refractivity contribution in [2.75, 3.05) is 18.0 Å². The third kappa shape index (κ3) is 3.77. The molecule has 0 aliphatic rings. The van der Waals surface area contributed by atoms with Gasteiger partial charge >= 0.3 is 0 Å². The van der Waals surface area contributed by atoms with E-state index in [-0.39, 0.29) is 0 Å². The van der Waals surface area contributed by atoms with Crippen molar-refractivity contribution in [3.05, 3.63) is 54.9 Å². The first-order valence-electron chi connectivity index (χ1n) is 9.44. The fraction of sp³-hybridized carbons (Fsp3) is 0.381. The molecule has 3 rings (SSSR count). The highest BCUT2D eigenvalue weighted by Crippen LogP contribution is 2.25. The van der Waals surface area contributed by atoms with Gasteiger partial charge in [-0.05, 0) is 37.5 Å². The fourth-order valence-corrected chi connectivity index (χ4v) is 3.22. The Bertz CT molecular complexity index is 868. The number of fused-ring (bicyclic) bond motifs is 1. The Hall–Kier alpha value is -2.69. The average molecular weight is 349 g/mol. The summed E-state index contributed by atoms with van der Waals surface area (Å²) >= 11 is 0. The highest BCUT2D eigenvalue weighted by Gasteiger charge is 2.14. The Morgan fingerprint density at radius 2 is 2.00 bits per heavy atom. The maximum atomic E-state index is 4.79. The van der Waals surface area contributed by atoms with Crippen LogP contribution in [0.1, 0.15) is 38.8 Å². The molecule has 0 bridgehead atoms. The number of rotatable bonds is 9. The summed E-state index contributed by atoms with van der Waals surface area (Å²) in [5.74, 6) is 0. The quantitative estimate of drug-likeness (QED) is 0.531. The molecule has 1 aromatic carbocycles. The zero-order valence-electron chi connectivity index (χ0n) is 15.7. The summed E-state index contributed by atoms with van der Waals surface area (Å²) in [7, 11) is 0. The topological polar surface area (TPSA) is 46.8 Å². The third-order valence-electron chi connectivity index (χ3n) is 4.45. The highest BCUT2D eigenvalue weighted by atomic mass is 15.4. The van der Waals surface area contributed by atoms with E-state index in [1.807, 2.05) is 41.2 Å². The number of pyridine rings is 1. The molecule has 0 saturated heterocycles. The van der Waals surface area contributed by atoms with Crippen LogP contribution in [0.25, 0.3) is 16.7 Å². The minimum atomic E-state index is 0.892. The van der Waals surface area contributed by atoms with Crippen molar-refractivity contribution in [1.82, 2.24) is 20.0 Å². The van der Waals surface area contributed by atoms with E-state index in [2.05, 4.69) is 41.7 Å². The molecule has 5 heteroatoms.